The molecule has 3 aromatic rings. The summed E-state index contributed by atoms with van der Waals surface area (Å²) in [6.07, 6.45) is -4.22. The van der Waals surface area contributed by atoms with Gasteiger partial charge in [0.2, 0.25) is 0 Å². The minimum atomic E-state index is -4.80. The first-order valence-electron chi connectivity index (χ1n) is 12.4. The van der Waals surface area contributed by atoms with E-state index in [4.69, 9.17) is 4.74 Å². The number of halogens is 6. The van der Waals surface area contributed by atoms with Crippen molar-refractivity contribution in [2.24, 2.45) is 0 Å². The normalized spacial score (nSPS) is 13.8. The summed E-state index contributed by atoms with van der Waals surface area (Å²) >= 11 is 0. The average molecular weight is 603 g/mol. The van der Waals surface area contributed by atoms with Crippen LogP contribution in [0, 0.1) is 5.82 Å². The smallest absolute Gasteiger partial charge is 0.416 e. The molecule has 3 aromatic carbocycles. The molecule has 1 aliphatic heterocycles. The Morgan fingerprint density at radius 3 is 2.41 bits per heavy atom. The number of benzene rings is 3. The van der Waals surface area contributed by atoms with Crippen LogP contribution in [0.4, 0.5) is 42.5 Å². The second-order valence-corrected chi connectivity index (χ2v) is 10.8. The van der Waals surface area contributed by atoms with Crippen LogP contribution in [-0.2, 0) is 20.9 Å². The van der Waals surface area contributed by atoms with Gasteiger partial charge in [0, 0.05) is 12.6 Å². The van der Waals surface area contributed by atoms with Crippen LogP contribution in [0.3, 0.4) is 0 Å². The van der Waals surface area contributed by atoms with Crippen molar-refractivity contribution < 1.29 is 49.0 Å². The van der Waals surface area contributed by atoms with Crippen molar-refractivity contribution in [3.05, 3.63) is 72.0 Å². The minimum absolute atomic E-state index is 0.0440. The monoisotopic (exact) mass is 602 g/mol. The fourth-order valence-electron chi connectivity index (χ4n) is 4.24. The number of fused-ring (bicyclic) bond motifs is 1. The van der Waals surface area contributed by atoms with E-state index in [1.807, 2.05) is 6.92 Å². The van der Waals surface area contributed by atoms with Crippen molar-refractivity contribution in [2.45, 2.75) is 37.4 Å². The summed E-state index contributed by atoms with van der Waals surface area (Å²) in [7, 11) is -4.60. The lowest BCUT2D eigenvalue weighted by Gasteiger charge is -2.36. The lowest BCUT2D eigenvalue weighted by Crippen LogP contribution is -2.46. The fourth-order valence-corrected chi connectivity index (χ4v) is 5.75. The summed E-state index contributed by atoms with van der Waals surface area (Å²) in [6, 6.07) is 10.1. The molecule has 41 heavy (non-hydrogen) atoms. The number of sulfonamides is 1. The third-order valence-corrected chi connectivity index (χ3v) is 7.99. The molecular weight excluding hydrogens is 578 g/mol. The van der Waals surface area contributed by atoms with Crippen LogP contribution in [0.1, 0.15) is 25.3 Å². The van der Waals surface area contributed by atoms with E-state index in [0.717, 1.165) is 47.1 Å². The number of unbranched alkanes of at least 4 members (excludes halogenated alkanes) is 1. The first-order chi connectivity index (χ1) is 19.3. The lowest BCUT2D eigenvalue weighted by atomic mass is 10.0. The predicted molar refractivity (Wildman–Crippen MR) is 138 cm³/mol. The molecule has 4 rings (SSSR count). The van der Waals surface area contributed by atoms with Gasteiger partial charge in [-0.1, -0.05) is 25.5 Å². The Bertz CT molecular complexity index is 1530. The number of anilines is 2. The summed E-state index contributed by atoms with van der Waals surface area (Å²) < 4.78 is 117. The summed E-state index contributed by atoms with van der Waals surface area (Å²) in [5, 5.41) is 0. The second-order valence-electron chi connectivity index (χ2n) is 8.98. The van der Waals surface area contributed by atoms with E-state index in [0.29, 0.717) is 12.5 Å². The largest absolute Gasteiger partial charge is 0.449 e. The van der Waals surface area contributed by atoms with E-state index in [1.165, 1.54) is 23.1 Å². The van der Waals surface area contributed by atoms with Crippen LogP contribution in [0.5, 0.6) is 5.75 Å². The number of rotatable bonds is 8. The van der Waals surface area contributed by atoms with Gasteiger partial charge in [-0.2, -0.15) is 22.0 Å². The molecule has 0 spiro atoms. The molecule has 0 aliphatic carbocycles. The molecule has 1 aliphatic rings. The van der Waals surface area contributed by atoms with Crippen LogP contribution < -0.4 is 13.9 Å². The van der Waals surface area contributed by atoms with Crippen LogP contribution in [0.15, 0.2) is 65.6 Å². The van der Waals surface area contributed by atoms with Gasteiger partial charge in [-0.3, -0.25) is 9.21 Å². The summed E-state index contributed by atoms with van der Waals surface area (Å²) in [5.74, 6) is -1.40. The predicted octanol–water partition coefficient (Wildman–Crippen LogP) is 7.06. The number of hydrogen-bond acceptors (Lipinski definition) is 5. The fraction of sp³-hybridized carbons (Fsp3) is 0.296. The highest BCUT2D eigenvalue weighted by Gasteiger charge is 2.37. The average Bonchev–Trinajstić information content (AvgIpc) is 2.91. The van der Waals surface area contributed by atoms with Crippen LogP contribution in [0.25, 0.3) is 11.1 Å². The van der Waals surface area contributed by atoms with Crippen LogP contribution >= 0.6 is 0 Å². The Kier molecular flexibility index (Phi) is 8.71. The lowest BCUT2D eigenvalue weighted by molar-refractivity contribution is -0.137. The molecule has 14 heteroatoms. The maximum Gasteiger partial charge on any atom is 0.416 e. The molecular formula is C27H24F6N2O5S. The zero-order chi connectivity index (χ0) is 29.9. The molecule has 0 unspecified atom stereocenters. The molecule has 0 atom stereocenters. The van der Waals surface area contributed by atoms with E-state index < -0.39 is 50.9 Å². The molecule has 0 saturated carbocycles. The third-order valence-electron chi connectivity index (χ3n) is 6.18. The Morgan fingerprint density at radius 1 is 0.976 bits per heavy atom. The van der Waals surface area contributed by atoms with Crippen LogP contribution in [0.2, 0.25) is 0 Å². The van der Waals surface area contributed by atoms with E-state index in [-0.39, 0.29) is 42.2 Å². The number of amides is 1. The van der Waals surface area contributed by atoms with Crippen molar-refractivity contribution in [3.63, 3.8) is 0 Å². The first kappa shape index (κ1) is 30.0. The summed E-state index contributed by atoms with van der Waals surface area (Å²) in [4.78, 5) is 13.4. The van der Waals surface area contributed by atoms with Gasteiger partial charge in [-0.15, -0.1) is 0 Å². The van der Waals surface area contributed by atoms with Crippen molar-refractivity contribution >= 4 is 27.5 Å². The topological polar surface area (TPSA) is 76.2 Å². The van der Waals surface area contributed by atoms with E-state index >= 15 is 0 Å². The maximum atomic E-state index is 14.2. The van der Waals surface area contributed by atoms with E-state index in [9.17, 15) is 39.6 Å². The van der Waals surface area contributed by atoms with E-state index in [2.05, 4.69) is 4.74 Å². The molecule has 0 bridgehead atoms. The number of nitrogens with zero attached hydrogens (tertiary/aromatic N) is 2. The van der Waals surface area contributed by atoms with Gasteiger partial charge in [0.25, 0.3) is 10.0 Å². The number of carbonyl (C=O) groups is 1. The Hall–Kier alpha value is -3.94. The highest BCUT2D eigenvalue weighted by atomic mass is 32.2. The molecule has 7 nitrogen and oxygen atoms in total. The van der Waals surface area contributed by atoms with Gasteiger partial charge >= 0.3 is 18.9 Å². The molecule has 1 heterocycles. The van der Waals surface area contributed by atoms with Gasteiger partial charge in [-0.05, 0) is 60.0 Å². The van der Waals surface area contributed by atoms with Crippen molar-refractivity contribution in [2.75, 3.05) is 28.9 Å². The number of hydrogen-bond donors (Lipinski definition) is 0. The molecule has 0 aromatic heterocycles. The van der Waals surface area contributed by atoms with Gasteiger partial charge in [0.1, 0.15) is 11.6 Å². The summed E-state index contributed by atoms with van der Waals surface area (Å²) in [6.45, 7) is -1.75. The molecule has 0 radical (unpaired) electrons. The van der Waals surface area contributed by atoms with E-state index in [1.54, 1.807) is 0 Å². The first-order valence-corrected chi connectivity index (χ1v) is 13.8. The number of carbonyl (C=O) groups excluding carboxylic acids is 1. The standard InChI is InChI=1S/C27H24F6N2O5S/c1-2-3-11-39-26(36)34-9-10-35(41(37,38)22-6-4-5-19(15-22)27(31,32)33)24-14-17(7-8-23(24)34)18-12-20(28)16-21(13-18)40-25(29)30/h4-8,12-16,25H,2-3,9-11H2,1H3. The van der Waals surface area contributed by atoms with Crippen molar-refractivity contribution in [3.8, 4) is 16.9 Å². The maximum absolute atomic E-state index is 14.2. The minimum Gasteiger partial charge on any atom is -0.449 e. The van der Waals surface area contributed by atoms with Gasteiger partial charge in [-0.25, -0.2) is 17.6 Å². The SMILES string of the molecule is CCCCOC(=O)N1CCN(S(=O)(=O)c2cccc(C(F)(F)F)c2)c2cc(-c3cc(F)cc(OC(F)F)c3)ccc21. The third kappa shape index (κ3) is 6.69. The number of alkyl halides is 5. The van der Waals surface area contributed by atoms with Crippen molar-refractivity contribution in [1.82, 2.24) is 0 Å². The second kappa shape index (κ2) is 11.9. The molecule has 1 amide bonds. The Morgan fingerprint density at radius 2 is 1.73 bits per heavy atom. The Labute approximate surface area is 231 Å². The quantitative estimate of drug-likeness (QED) is 0.204. The highest BCUT2D eigenvalue weighted by molar-refractivity contribution is 7.92. The Balaban J connectivity index is 1.83. The van der Waals surface area contributed by atoms with Gasteiger partial charge < -0.3 is 9.47 Å². The summed E-state index contributed by atoms with van der Waals surface area (Å²) in [5.41, 5.74) is -1.01. The van der Waals surface area contributed by atoms with Gasteiger partial charge in [0.15, 0.2) is 0 Å². The zero-order valence-corrected chi connectivity index (χ0v) is 22.3. The zero-order valence-electron chi connectivity index (χ0n) is 21.5. The molecule has 0 saturated heterocycles. The molecule has 0 fully saturated rings. The van der Waals surface area contributed by atoms with Gasteiger partial charge in [0.05, 0.1) is 35.0 Å². The number of ether oxygens (including phenoxy) is 2. The molecule has 220 valence electrons. The van der Waals surface area contributed by atoms with Crippen LogP contribution in [-0.4, -0.2) is 40.8 Å². The highest BCUT2D eigenvalue weighted by Crippen LogP contribution is 2.41. The van der Waals surface area contributed by atoms with Crippen molar-refractivity contribution in [1.29, 1.82) is 0 Å². The molecule has 0 N–H and O–H groups in total.